The summed E-state index contributed by atoms with van der Waals surface area (Å²) in [4.78, 5) is 47.9. The van der Waals surface area contributed by atoms with Gasteiger partial charge in [0.05, 0.1) is 29.2 Å². The van der Waals surface area contributed by atoms with Crippen molar-refractivity contribution in [2.24, 2.45) is 11.8 Å². The van der Waals surface area contributed by atoms with Gasteiger partial charge < -0.3 is 19.8 Å². The molecule has 1 unspecified atom stereocenters. The first-order chi connectivity index (χ1) is 17.8. The Morgan fingerprint density at radius 3 is 2.41 bits per heavy atom. The van der Waals surface area contributed by atoms with Gasteiger partial charge in [-0.3, -0.25) is 14.4 Å². The SMILES string of the molecule is CCCCN1CC=C[C@]23S[C@]4(C)C=CCN(Cc5ccccc5)C(=O)[C@@H]4[C@H]2C(=O)N([C@H](C)CO)C3C1=O. The van der Waals surface area contributed by atoms with E-state index < -0.39 is 33.4 Å². The Bertz CT molecular complexity index is 1120. The van der Waals surface area contributed by atoms with Crippen LogP contribution in [0.15, 0.2) is 54.6 Å². The second-order valence-electron chi connectivity index (χ2n) is 10.9. The smallest absolute Gasteiger partial charge is 0.247 e. The zero-order valence-corrected chi connectivity index (χ0v) is 22.7. The van der Waals surface area contributed by atoms with E-state index in [1.165, 1.54) is 0 Å². The van der Waals surface area contributed by atoms with Crippen molar-refractivity contribution >= 4 is 29.5 Å². The highest BCUT2D eigenvalue weighted by molar-refractivity contribution is 8.02. The molecule has 198 valence electrons. The third-order valence-corrected chi connectivity index (χ3v) is 10.2. The van der Waals surface area contributed by atoms with Crippen molar-refractivity contribution in [1.29, 1.82) is 0 Å². The molecule has 37 heavy (non-hydrogen) atoms. The zero-order valence-electron chi connectivity index (χ0n) is 21.9. The third kappa shape index (κ3) is 4.13. The summed E-state index contributed by atoms with van der Waals surface area (Å²) in [5, 5.41) is 10.1. The number of aliphatic hydroxyl groups is 1. The summed E-state index contributed by atoms with van der Waals surface area (Å²) in [5.41, 5.74) is 1.04. The van der Waals surface area contributed by atoms with Gasteiger partial charge >= 0.3 is 0 Å². The lowest BCUT2D eigenvalue weighted by atomic mass is 9.74. The van der Waals surface area contributed by atoms with Crippen LogP contribution in [0.3, 0.4) is 0 Å². The van der Waals surface area contributed by atoms with E-state index in [-0.39, 0.29) is 24.3 Å². The molecule has 4 heterocycles. The molecule has 0 aromatic heterocycles. The number of amides is 3. The lowest BCUT2D eigenvalue weighted by molar-refractivity contribution is -0.147. The summed E-state index contributed by atoms with van der Waals surface area (Å²) in [6.45, 7) is 7.74. The van der Waals surface area contributed by atoms with Crippen molar-refractivity contribution in [1.82, 2.24) is 14.7 Å². The van der Waals surface area contributed by atoms with Crippen LogP contribution in [0.5, 0.6) is 0 Å². The lowest BCUT2D eigenvalue weighted by Crippen LogP contribution is -2.56. The number of likely N-dealkylation sites (tertiary alicyclic amines) is 1. The maximum atomic E-state index is 14.2. The normalized spacial score (nSPS) is 33.8. The van der Waals surface area contributed by atoms with Crippen LogP contribution in [0.25, 0.3) is 0 Å². The molecular formula is C29H37N3O4S. The van der Waals surface area contributed by atoms with Crippen LogP contribution in [0.1, 0.15) is 39.2 Å². The topological polar surface area (TPSA) is 81.2 Å². The zero-order chi connectivity index (χ0) is 26.4. The number of aliphatic hydroxyl groups excluding tert-OH is 1. The van der Waals surface area contributed by atoms with Crippen molar-refractivity contribution in [3.8, 4) is 0 Å². The average Bonchev–Trinajstić information content (AvgIpc) is 3.18. The molecular weight excluding hydrogens is 486 g/mol. The molecule has 1 spiro atoms. The van der Waals surface area contributed by atoms with Crippen LogP contribution in [-0.2, 0) is 20.9 Å². The van der Waals surface area contributed by atoms with Gasteiger partial charge in [-0.05, 0) is 25.8 Å². The van der Waals surface area contributed by atoms with Gasteiger partial charge in [-0.15, -0.1) is 11.8 Å². The summed E-state index contributed by atoms with van der Waals surface area (Å²) >= 11 is 1.59. The number of thioether (sulfide) groups is 1. The monoisotopic (exact) mass is 523 g/mol. The first kappa shape index (κ1) is 26.0. The molecule has 0 radical (unpaired) electrons. The van der Waals surface area contributed by atoms with Crippen LogP contribution in [0, 0.1) is 11.8 Å². The molecule has 1 aromatic carbocycles. The third-order valence-electron chi connectivity index (χ3n) is 8.40. The van der Waals surface area contributed by atoms with Gasteiger partial charge in [0.1, 0.15) is 6.04 Å². The number of carbonyl (C=O) groups is 3. The predicted molar refractivity (Wildman–Crippen MR) is 145 cm³/mol. The molecule has 0 bridgehead atoms. The van der Waals surface area contributed by atoms with Gasteiger partial charge in [0.2, 0.25) is 17.7 Å². The summed E-state index contributed by atoms with van der Waals surface area (Å²) < 4.78 is -1.49. The molecule has 6 atom stereocenters. The van der Waals surface area contributed by atoms with E-state index in [9.17, 15) is 19.5 Å². The maximum absolute atomic E-state index is 14.2. The molecule has 2 saturated heterocycles. The van der Waals surface area contributed by atoms with E-state index in [0.717, 1.165) is 18.4 Å². The molecule has 5 rings (SSSR count). The van der Waals surface area contributed by atoms with Crippen LogP contribution in [0.4, 0.5) is 0 Å². The summed E-state index contributed by atoms with van der Waals surface area (Å²) in [6, 6.07) is 8.62. The van der Waals surface area contributed by atoms with E-state index >= 15 is 0 Å². The molecule has 7 nitrogen and oxygen atoms in total. The van der Waals surface area contributed by atoms with E-state index in [1.807, 2.05) is 65.3 Å². The summed E-state index contributed by atoms with van der Waals surface area (Å²) in [7, 11) is 0. The minimum atomic E-state index is -0.867. The molecule has 3 amide bonds. The molecule has 0 aliphatic carbocycles. The van der Waals surface area contributed by atoms with E-state index in [0.29, 0.717) is 26.2 Å². The van der Waals surface area contributed by atoms with Gasteiger partial charge in [-0.1, -0.05) is 68.0 Å². The number of hydrogen-bond donors (Lipinski definition) is 1. The van der Waals surface area contributed by atoms with E-state index in [4.69, 9.17) is 0 Å². The van der Waals surface area contributed by atoms with Crippen LogP contribution in [-0.4, -0.2) is 85.3 Å². The van der Waals surface area contributed by atoms with Crippen molar-refractivity contribution in [3.05, 3.63) is 60.2 Å². The van der Waals surface area contributed by atoms with Gasteiger partial charge in [0.15, 0.2) is 0 Å². The fraction of sp³-hybridized carbons (Fsp3) is 0.552. The quantitative estimate of drug-likeness (QED) is 0.556. The van der Waals surface area contributed by atoms with Gasteiger partial charge in [-0.2, -0.15) is 0 Å². The second kappa shape index (κ2) is 9.95. The van der Waals surface area contributed by atoms with Crippen molar-refractivity contribution in [3.63, 3.8) is 0 Å². The van der Waals surface area contributed by atoms with Crippen LogP contribution in [0.2, 0.25) is 0 Å². The summed E-state index contributed by atoms with van der Waals surface area (Å²) in [6.07, 6.45) is 10.0. The number of benzene rings is 1. The fourth-order valence-corrected chi connectivity index (χ4v) is 8.76. The van der Waals surface area contributed by atoms with E-state index in [1.54, 1.807) is 23.6 Å². The number of rotatable bonds is 7. The van der Waals surface area contributed by atoms with Gasteiger partial charge in [0.25, 0.3) is 0 Å². The van der Waals surface area contributed by atoms with Crippen molar-refractivity contribution in [2.75, 3.05) is 26.2 Å². The fourth-order valence-electron chi connectivity index (χ4n) is 6.62. The molecule has 1 aromatic rings. The largest absolute Gasteiger partial charge is 0.394 e. The number of fused-ring (bicyclic) bond motifs is 2. The number of hydrogen-bond acceptors (Lipinski definition) is 5. The minimum absolute atomic E-state index is 0.0516. The summed E-state index contributed by atoms with van der Waals surface area (Å²) in [5.74, 6) is -1.62. The molecule has 4 aliphatic rings. The number of carbonyl (C=O) groups excluding carboxylic acids is 3. The molecule has 4 aliphatic heterocycles. The Labute approximate surface area is 223 Å². The van der Waals surface area contributed by atoms with Crippen molar-refractivity contribution < 1.29 is 19.5 Å². The molecule has 8 heteroatoms. The highest BCUT2D eigenvalue weighted by atomic mass is 32.2. The Kier molecular flexibility index (Phi) is 7.00. The van der Waals surface area contributed by atoms with E-state index in [2.05, 4.69) is 13.0 Å². The number of nitrogens with zero attached hydrogens (tertiary/aromatic N) is 3. The lowest BCUT2D eigenvalue weighted by Gasteiger charge is -2.38. The predicted octanol–water partition coefficient (Wildman–Crippen LogP) is 2.85. The van der Waals surface area contributed by atoms with Gasteiger partial charge in [-0.25, -0.2) is 0 Å². The highest BCUT2D eigenvalue weighted by Crippen LogP contribution is 2.65. The standard InChI is InChI=1S/C29H37N3O4S/c1-4-5-15-30-16-10-14-29-23(26(35)32(20(2)19-33)24(29)27(30)36)22-25(34)31(17-9-13-28(22,3)37-29)18-21-11-7-6-8-12-21/h6-14,20,22-24,33H,4-5,15-19H2,1-3H3/t20-,22+,23+,24?,28-,29+/m1/s1. The Balaban J connectivity index is 1.58. The average molecular weight is 524 g/mol. The first-order valence-electron chi connectivity index (χ1n) is 13.4. The first-order valence-corrected chi connectivity index (χ1v) is 14.2. The van der Waals surface area contributed by atoms with Crippen LogP contribution >= 0.6 is 11.8 Å². The van der Waals surface area contributed by atoms with Crippen LogP contribution < -0.4 is 0 Å². The van der Waals surface area contributed by atoms with Crippen molar-refractivity contribution in [2.45, 2.75) is 61.7 Å². The number of unbranched alkanes of at least 4 members (excludes halogenated alkanes) is 1. The maximum Gasteiger partial charge on any atom is 0.247 e. The molecule has 1 N–H and O–H groups in total. The highest BCUT2D eigenvalue weighted by Gasteiger charge is 2.74. The Morgan fingerprint density at radius 2 is 1.70 bits per heavy atom. The Hall–Kier alpha value is -2.58. The molecule has 2 fully saturated rings. The second-order valence-corrected chi connectivity index (χ2v) is 12.7. The minimum Gasteiger partial charge on any atom is -0.394 e. The molecule has 0 saturated carbocycles. The van der Waals surface area contributed by atoms with Gasteiger partial charge in [0, 0.05) is 30.9 Å². The Morgan fingerprint density at radius 1 is 1.00 bits per heavy atom.